The molecule has 0 saturated carbocycles. The maximum atomic E-state index is 10.6. The minimum Gasteiger partial charge on any atom is -0.378 e. The van der Waals surface area contributed by atoms with Gasteiger partial charge < -0.3 is 15.2 Å². The third-order valence-corrected chi connectivity index (χ3v) is 4.55. The second-order valence-corrected chi connectivity index (χ2v) is 7.14. The third-order valence-electron chi connectivity index (χ3n) is 4.55. The Morgan fingerprint density at radius 1 is 1.16 bits per heavy atom. The largest absolute Gasteiger partial charge is 0.378 e. The van der Waals surface area contributed by atoms with Gasteiger partial charge in [-0.2, -0.15) is 0 Å². The molecular weight excluding hydrogens is 312 g/mol. The minimum absolute atomic E-state index is 0.151. The van der Waals surface area contributed by atoms with Crippen LogP contribution in [0.3, 0.4) is 0 Å². The van der Waals surface area contributed by atoms with E-state index in [4.69, 9.17) is 4.98 Å². The van der Waals surface area contributed by atoms with Crippen molar-refractivity contribution in [3.8, 4) is 11.4 Å². The van der Waals surface area contributed by atoms with Crippen molar-refractivity contribution < 1.29 is 4.79 Å². The molecule has 0 aliphatic carbocycles. The Hall–Kier alpha value is -2.82. The predicted octanol–water partition coefficient (Wildman–Crippen LogP) is 3.32. The normalized spacial score (nSPS) is 11.5. The number of H-pyrrole nitrogens is 1. The van der Waals surface area contributed by atoms with Crippen molar-refractivity contribution in [1.29, 1.82) is 0 Å². The van der Waals surface area contributed by atoms with Gasteiger partial charge in [-0.3, -0.25) is 4.79 Å². The Kier molecular flexibility index (Phi) is 4.49. The number of amides is 1. The van der Waals surface area contributed by atoms with E-state index in [1.54, 1.807) is 0 Å². The van der Waals surface area contributed by atoms with Gasteiger partial charge in [0.2, 0.25) is 6.41 Å². The lowest BCUT2D eigenvalue weighted by atomic mass is 9.84. The summed E-state index contributed by atoms with van der Waals surface area (Å²) in [7, 11) is 4.05. The number of carbonyl (C=O) groups excluding carboxylic acids is 1. The Bertz CT molecular complexity index is 878. The molecule has 5 heteroatoms. The van der Waals surface area contributed by atoms with Crippen LogP contribution in [0.15, 0.2) is 42.5 Å². The number of nitrogens with one attached hydrogen (secondary N) is 2. The van der Waals surface area contributed by atoms with Crippen molar-refractivity contribution in [1.82, 2.24) is 15.3 Å². The first-order valence-electron chi connectivity index (χ1n) is 8.36. The predicted molar refractivity (Wildman–Crippen MR) is 103 cm³/mol. The molecule has 0 aliphatic heterocycles. The number of hydrogen-bond acceptors (Lipinski definition) is 3. The van der Waals surface area contributed by atoms with Crippen LogP contribution in [0.2, 0.25) is 0 Å². The van der Waals surface area contributed by atoms with Crippen molar-refractivity contribution >= 4 is 23.1 Å². The first-order chi connectivity index (χ1) is 11.9. The van der Waals surface area contributed by atoms with Crippen LogP contribution in [0.4, 0.5) is 5.69 Å². The molecule has 3 aromatic rings. The van der Waals surface area contributed by atoms with Crippen LogP contribution < -0.4 is 10.2 Å². The Balaban J connectivity index is 1.93. The highest BCUT2D eigenvalue weighted by molar-refractivity contribution is 5.80. The van der Waals surface area contributed by atoms with E-state index >= 15 is 0 Å². The standard InChI is InChI=1S/C20H24N4O/c1-20(2,12-21-13-25)15-7-10-17-18(11-15)23-19(22-17)14-5-8-16(9-6-14)24(3)4/h5-11,13H,12H2,1-4H3,(H,21,25)(H,22,23). The van der Waals surface area contributed by atoms with Crippen LogP contribution in [0.5, 0.6) is 0 Å². The second-order valence-electron chi connectivity index (χ2n) is 7.14. The molecule has 0 spiro atoms. The van der Waals surface area contributed by atoms with Crippen molar-refractivity contribution in [2.75, 3.05) is 25.5 Å². The van der Waals surface area contributed by atoms with E-state index in [1.165, 1.54) is 0 Å². The minimum atomic E-state index is -0.151. The van der Waals surface area contributed by atoms with Gasteiger partial charge in [0.25, 0.3) is 0 Å². The fourth-order valence-corrected chi connectivity index (χ4v) is 2.88. The Labute approximate surface area is 148 Å². The molecule has 1 amide bonds. The number of carbonyl (C=O) groups is 1. The first kappa shape index (κ1) is 17.0. The van der Waals surface area contributed by atoms with E-state index in [1.807, 2.05) is 14.1 Å². The summed E-state index contributed by atoms with van der Waals surface area (Å²) in [5.41, 5.74) is 5.16. The van der Waals surface area contributed by atoms with Crippen molar-refractivity contribution in [2.45, 2.75) is 19.3 Å². The maximum absolute atomic E-state index is 10.6. The topological polar surface area (TPSA) is 61.0 Å². The summed E-state index contributed by atoms with van der Waals surface area (Å²) < 4.78 is 0. The van der Waals surface area contributed by atoms with Gasteiger partial charge in [-0.1, -0.05) is 19.9 Å². The van der Waals surface area contributed by atoms with Crippen LogP contribution in [-0.4, -0.2) is 37.0 Å². The molecule has 0 radical (unpaired) electrons. The second kappa shape index (κ2) is 6.59. The molecular formula is C20H24N4O. The summed E-state index contributed by atoms with van der Waals surface area (Å²) >= 11 is 0. The number of nitrogens with zero attached hydrogens (tertiary/aromatic N) is 2. The number of benzene rings is 2. The molecule has 3 rings (SSSR count). The summed E-state index contributed by atoms with van der Waals surface area (Å²) in [5.74, 6) is 0.862. The summed E-state index contributed by atoms with van der Waals surface area (Å²) in [6, 6.07) is 14.6. The average molecular weight is 336 g/mol. The molecule has 0 unspecified atom stereocenters. The van der Waals surface area contributed by atoms with Gasteiger partial charge in [0.15, 0.2) is 0 Å². The molecule has 0 aliphatic rings. The summed E-state index contributed by atoms with van der Waals surface area (Å²) in [6.07, 6.45) is 0.740. The summed E-state index contributed by atoms with van der Waals surface area (Å²) in [5, 5.41) is 2.77. The number of fused-ring (bicyclic) bond motifs is 1. The number of aromatic amines is 1. The van der Waals surface area contributed by atoms with Crippen LogP contribution in [0.1, 0.15) is 19.4 Å². The zero-order valence-electron chi connectivity index (χ0n) is 15.1. The number of rotatable bonds is 6. The van der Waals surface area contributed by atoms with Gasteiger partial charge in [-0.25, -0.2) is 4.98 Å². The molecule has 0 atom stereocenters. The van der Waals surface area contributed by atoms with Crippen LogP contribution in [0, 0.1) is 0 Å². The maximum Gasteiger partial charge on any atom is 0.207 e. The highest BCUT2D eigenvalue weighted by Gasteiger charge is 2.21. The van der Waals surface area contributed by atoms with Crippen LogP contribution >= 0.6 is 0 Å². The number of imidazole rings is 1. The lowest BCUT2D eigenvalue weighted by Gasteiger charge is -2.24. The first-order valence-corrected chi connectivity index (χ1v) is 8.36. The molecule has 0 fully saturated rings. The average Bonchev–Trinajstić information content (AvgIpc) is 3.03. The van der Waals surface area contributed by atoms with E-state index < -0.39 is 0 Å². The molecule has 2 N–H and O–H groups in total. The number of aromatic nitrogens is 2. The Morgan fingerprint density at radius 2 is 1.88 bits per heavy atom. The fourth-order valence-electron chi connectivity index (χ4n) is 2.88. The van der Waals surface area contributed by atoms with Gasteiger partial charge in [0, 0.05) is 37.3 Å². The Morgan fingerprint density at radius 3 is 2.52 bits per heavy atom. The van der Waals surface area contributed by atoms with Gasteiger partial charge in [-0.15, -0.1) is 0 Å². The number of anilines is 1. The molecule has 5 nitrogen and oxygen atoms in total. The van der Waals surface area contributed by atoms with E-state index in [0.717, 1.165) is 40.1 Å². The zero-order chi connectivity index (χ0) is 18.0. The van der Waals surface area contributed by atoms with Gasteiger partial charge >= 0.3 is 0 Å². The van der Waals surface area contributed by atoms with E-state index in [0.29, 0.717) is 6.54 Å². The van der Waals surface area contributed by atoms with Gasteiger partial charge in [-0.05, 0) is 42.0 Å². The molecule has 1 heterocycles. The lowest BCUT2D eigenvalue weighted by molar-refractivity contribution is -0.109. The van der Waals surface area contributed by atoms with Crippen molar-refractivity contribution in [3.63, 3.8) is 0 Å². The van der Waals surface area contributed by atoms with Gasteiger partial charge in [0.05, 0.1) is 11.0 Å². The molecule has 2 aromatic carbocycles. The van der Waals surface area contributed by atoms with Crippen LogP contribution in [-0.2, 0) is 10.2 Å². The summed E-state index contributed by atoms with van der Waals surface area (Å²) in [6.45, 7) is 4.81. The monoisotopic (exact) mass is 336 g/mol. The lowest BCUT2D eigenvalue weighted by Crippen LogP contribution is -2.32. The van der Waals surface area contributed by atoms with E-state index in [-0.39, 0.29) is 5.41 Å². The molecule has 25 heavy (non-hydrogen) atoms. The SMILES string of the molecule is CN(C)c1ccc(-c2nc3cc(C(C)(C)CNC=O)ccc3[nH]2)cc1. The van der Waals surface area contributed by atoms with Crippen molar-refractivity contribution in [2.24, 2.45) is 0 Å². The molecule has 0 bridgehead atoms. The zero-order valence-corrected chi connectivity index (χ0v) is 15.1. The van der Waals surface area contributed by atoms with Crippen LogP contribution in [0.25, 0.3) is 22.4 Å². The third kappa shape index (κ3) is 3.50. The summed E-state index contributed by atoms with van der Waals surface area (Å²) in [4.78, 5) is 20.8. The van der Waals surface area contributed by atoms with E-state index in [2.05, 4.69) is 71.5 Å². The fraction of sp³-hybridized carbons (Fsp3) is 0.300. The number of hydrogen-bond donors (Lipinski definition) is 2. The molecule has 0 saturated heterocycles. The smallest absolute Gasteiger partial charge is 0.207 e. The highest BCUT2D eigenvalue weighted by Crippen LogP contribution is 2.28. The quantitative estimate of drug-likeness (QED) is 0.679. The molecule has 1 aromatic heterocycles. The van der Waals surface area contributed by atoms with Crippen molar-refractivity contribution in [3.05, 3.63) is 48.0 Å². The van der Waals surface area contributed by atoms with E-state index in [9.17, 15) is 4.79 Å². The van der Waals surface area contributed by atoms with Gasteiger partial charge in [0.1, 0.15) is 5.82 Å². The highest BCUT2D eigenvalue weighted by atomic mass is 16.1. The molecule has 130 valence electrons.